The predicted molar refractivity (Wildman–Crippen MR) is 130 cm³/mol. The minimum atomic E-state index is -5.42. The lowest BCUT2D eigenvalue weighted by atomic mass is 9.93. The fourth-order valence-electron chi connectivity index (χ4n) is 3.98. The molecule has 2 aromatic carbocycles. The van der Waals surface area contributed by atoms with Crippen molar-refractivity contribution in [1.29, 1.82) is 0 Å². The van der Waals surface area contributed by atoms with Crippen LogP contribution in [-0.4, -0.2) is 44.4 Å². The van der Waals surface area contributed by atoms with Crippen molar-refractivity contribution in [2.75, 3.05) is 11.5 Å². The van der Waals surface area contributed by atoms with Gasteiger partial charge in [0.1, 0.15) is 23.2 Å². The summed E-state index contributed by atoms with van der Waals surface area (Å²) >= 11 is 5.57. The fourth-order valence-corrected chi connectivity index (χ4v) is 5.81. The molecular weight excluding hydrogens is 679 g/mol. The van der Waals surface area contributed by atoms with E-state index in [1.807, 2.05) is 0 Å². The molecule has 0 aliphatic carbocycles. The molecule has 44 heavy (non-hydrogen) atoms. The van der Waals surface area contributed by atoms with Gasteiger partial charge in [-0.1, -0.05) is 30.7 Å². The Morgan fingerprint density at radius 3 is 2.02 bits per heavy atom. The van der Waals surface area contributed by atoms with E-state index in [4.69, 9.17) is 11.6 Å². The van der Waals surface area contributed by atoms with Gasteiger partial charge in [-0.25, -0.2) is 12.8 Å². The van der Waals surface area contributed by atoms with Crippen LogP contribution >= 0.6 is 11.6 Å². The van der Waals surface area contributed by atoms with Gasteiger partial charge in [0.15, 0.2) is 15.6 Å². The number of allylic oxidation sites excluding steroid dienone is 1. The lowest BCUT2D eigenvalue weighted by molar-refractivity contribution is -0.274. The van der Waals surface area contributed by atoms with Crippen molar-refractivity contribution in [2.45, 2.75) is 44.2 Å². The van der Waals surface area contributed by atoms with Crippen LogP contribution in [0.2, 0.25) is 5.02 Å². The monoisotopic (exact) mass is 696 g/mol. The summed E-state index contributed by atoms with van der Waals surface area (Å²) in [5, 5.41) is -0.688. The molecule has 0 N–H and O–H groups in total. The summed E-state index contributed by atoms with van der Waals surface area (Å²) in [5.41, 5.74) is -5.25. The average Bonchev–Trinajstić information content (AvgIpc) is 2.76. The van der Waals surface area contributed by atoms with Gasteiger partial charge in [0, 0.05) is 22.6 Å². The van der Waals surface area contributed by atoms with Crippen molar-refractivity contribution in [3.8, 4) is 5.75 Å². The van der Waals surface area contributed by atoms with E-state index in [0.29, 0.717) is 24.3 Å². The average molecular weight is 697 g/mol. The topological polar surface area (TPSA) is 60.4 Å². The van der Waals surface area contributed by atoms with Gasteiger partial charge in [-0.15, -0.1) is 13.2 Å². The van der Waals surface area contributed by atoms with E-state index in [0.717, 1.165) is 6.92 Å². The Bertz CT molecular complexity index is 1490. The molecule has 0 radical (unpaired) electrons. The van der Waals surface area contributed by atoms with Crippen LogP contribution in [0, 0.1) is 5.92 Å². The maximum atomic E-state index is 15.0. The summed E-state index contributed by atoms with van der Waals surface area (Å²) in [6.07, 6.45) is -22.5. The Labute approximate surface area is 245 Å². The number of halogens is 14. The van der Waals surface area contributed by atoms with Crippen molar-refractivity contribution < 1.29 is 75.0 Å². The van der Waals surface area contributed by atoms with Crippen LogP contribution < -0.4 is 4.74 Å². The second-order valence-corrected chi connectivity index (χ2v) is 12.0. The molecule has 0 spiro atoms. The second-order valence-electron chi connectivity index (χ2n) is 9.46. The third-order valence-corrected chi connectivity index (χ3v) is 7.57. The van der Waals surface area contributed by atoms with Gasteiger partial charge in [0.2, 0.25) is 0 Å². The van der Waals surface area contributed by atoms with Crippen LogP contribution in [0.3, 0.4) is 0 Å². The number of Topliss-reactive ketones (excluding diaryl/α,β-unsaturated/α-hetero) is 1. The highest BCUT2D eigenvalue weighted by molar-refractivity contribution is 7.91. The molecule has 0 aliphatic rings. The zero-order valence-electron chi connectivity index (χ0n) is 21.7. The summed E-state index contributed by atoms with van der Waals surface area (Å²) in [6.45, 7) is 0.980. The van der Waals surface area contributed by atoms with E-state index in [-0.39, 0.29) is 18.2 Å². The van der Waals surface area contributed by atoms with Gasteiger partial charge in [-0.05, 0) is 41.8 Å². The molecule has 0 bridgehead atoms. The van der Waals surface area contributed by atoms with E-state index in [1.165, 1.54) is 0 Å². The smallest absolute Gasteiger partial charge is 0.406 e. The second kappa shape index (κ2) is 13.1. The number of carbonyl (C=O) groups is 1. The maximum Gasteiger partial charge on any atom is 0.573 e. The molecule has 0 amide bonds. The van der Waals surface area contributed by atoms with Gasteiger partial charge in [-0.2, -0.15) is 39.5 Å². The lowest BCUT2D eigenvalue weighted by Gasteiger charge is -2.20. The molecule has 0 saturated heterocycles. The Morgan fingerprint density at radius 1 is 0.932 bits per heavy atom. The largest absolute Gasteiger partial charge is 0.573 e. The lowest BCUT2D eigenvalue weighted by Crippen LogP contribution is -2.28. The van der Waals surface area contributed by atoms with Crippen LogP contribution in [0.25, 0.3) is 5.83 Å². The Kier molecular flexibility index (Phi) is 11.1. The Balaban J connectivity index is 2.49. The zero-order valence-corrected chi connectivity index (χ0v) is 23.2. The summed E-state index contributed by atoms with van der Waals surface area (Å²) < 4.78 is 200. The molecule has 0 fully saturated rings. The number of hydrogen-bond donors (Lipinski definition) is 0. The first kappa shape index (κ1) is 37.2. The molecule has 4 nitrogen and oxygen atoms in total. The first-order valence-corrected chi connectivity index (χ1v) is 13.9. The van der Waals surface area contributed by atoms with Gasteiger partial charge in [0.05, 0.1) is 11.3 Å². The molecule has 0 aromatic heterocycles. The Morgan fingerprint density at radius 2 is 1.52 bits per heavy atom. The van der Waals surface area contributed by atoms with E-state index in [2.05, 4.69) is 4.74 Å². The molecule has 0 aliphatic heterocycles. The van der Waals surface area contributed by atoms with Gasteiger partial charge in [0.25, 0.3) is 0 Å². The number of benzene rings is 2. The van der Waals surface area contributed by atoms with E-state index < -0.39 is 109 Å². The number of rotatable bonds is 10. The standard InChI is InChI=1S/C25H18ClF13O4S/c1-12(10-44(41,42)11-22(28,29)30)4-21(40)17-3-2-13(7-19(17)24(34,35)36)20(27)9-18(23(31,32)33)14-5-15(26)8-16(6-14)43-25(37,38)39/h2-3,5-9,12,18H,4,10-11H2,1H3/b20-9-/t12-,18?/m0/s1. The zero-order chi connectivity index (χ0) is 34.1. The number of sulfone groups is 1. The highest BCUT2D eigenvalue weighted by Gasteiger charge is 2.42. The molecule has 2 atom stereocenters. The molecule has 0 saturated carbocycles. The minimum Gasteiger partial charge on any atom is -0.406 e. The number of carbonyl (C=O) groups excluding carboxylic acids is 1. The van der Waals surface area contributed by atoms with Crippen LogP contribution in [0.4, 0.5) is 57.1 Å². The van der Waals surface area contributed by atoms with Crippen LogP contribution in [0.5, 0.6) is 5.75 Å². The third kappa shape index (κ3) is 11.5. The minimum absolute atomic E-state index is 0.0340. The van der Waals surface area contributed by atoms with Gasteiger partial charge < -0.3 is 4.74 Å². The van der Waals surface area contributed by atoms with Crippen molar-refractivity contribution in [3.63, 3.8) is 0 Å². The van der Waals surface area contributed by atoms with Crippen LogP contribution in [0.15, 0.2) is 42.5 Å². The quantitative estimate of drug-likeness (QED) is 0.184. The summed E-state index contributed by atoms with van der Waals surface area (Å²) in [6, 6.07) is 2.08. The molecule has 1 unspecified atom stereocenters. The van der Waals surface area contributed by atoms with Crippen molar-refractivity contribution in [2.24, 2.45) is 5.92 Å². The molecular formula is C25H18ClF13O4S. The third-order valence-electron chi connectivity index (χ3n) is 5.51. The summed E-state index contributed by atoms with van der Waals surface area (Å²) in [4.78, 5) is 12.6. The van der Waals surface area contributed by atoms with Gasteiger partial charge >= 0.3 is 24.9 Å². The fraction of sp³-hybridized carbons (Fsp3) is 0.400. The summed E-state index contributed by atoms with van der Waals surface area (Å²) in [5.74, 6) is -12.5. The normalized spacial score (nSPS) is 15.2. The van der Waals surface area contributed by atoms with Crippen molar-refractivity contribution in [1.82, 2.24) is 0 Å². The number of ketones is 1. The first-order chi connectivity index (χ1) is 19.7. The highest BCUT2D eigenvalue weighted by atomic mass is 35.5. The first-order valence-electron chi connectivity index (χ1n) is 11.7. The predicted octanol–water partition coefficient (Wildman–Crippen LogP) is 9.10. The number of hydrogen-bond acceptors (Lipinski definition) is 4. The van der Waals surface area contributed by atoms with Crippen molar-refractivity contribution >= 4 is 33.0 Å². The molecule has 246 valence electrons. The van der Waals surface area contributed by atoms with Crippen molar-refractivity contribution in [3.05, 3.63) is 69.8 Å². The van der Waals surface area contributed by atoms with E-state index in [9.17, 15) is 65.9 Å². The van der Waals surface area contributed by atoms with Crippen LogP contribution in [0.1, 0.15) is 46.3 Å². The Hall–Kier alpha value is -3.02. The van der Waals surface area contributed by atoms with E-state index >= 15 is 4.39 Å². The highest BCUT2D eigenvalue weighted by Crippen LogP contribution is 2.42. The molecule has 0 heterocycles. The summed E-state index contributed by atoms with van der Waals surface area (Å²) in [7, 11) is -4.80. The SMILES string of the molecule is C[C@@H](CC(=O)c1ccc(/C(F)=C/C(c2cc(Cl)cc(OC(F)(F)F)c2)C(F)(F)F)cc1C(F)(F)F)CS(=O)(=O)CC(F)(F)F. The molecule has 2 aromatic rings. The molecule has 19 heteroatoms. The molecule has 2 rings (SSSR count). The number of alkyl halides is 12. The van der Waals surface area contributed by atoms with Gasteiger partial charge in [-0.3, -0.25) is 4.79 Å². The van der Waals surface area contributed by atoms with E-state index in [1.54, 1.807) is 0 Å². The van der Waals surface area contributed by atoms with Crippen LogP contribution in [-0.2, 0) is 16.0 Å². The number of ether oxygens (including phenoxy) is 1. The maximum absolute atomic E-state index is 15.0.